The largest absolute Gasteiger partial charge is 0.474 e. The first-order valence-corrected chi connectivity index (χ1v) is 10.3. The highest BCUT2D eigenvalue weighted by Crippen LogP contribution is 2.39. The lowest BCUT2D eigenvalue weighted by molar-refractivity contribution is -0.0561. The third-order valence-electron chi connectivity index (χ3n) is 5.90. The van der Waals surface area contributed by atoms with Gasteiger partial charge in [0.2, 0.25) is 5.88 Å². The van der Waals surface area contributed by atoms with Gasteiger partial charge in [0.1, 0.15) is 24.2 Å². The normalized spacial score (nSPS) is 18.8. The molecule has 0 spiro atoms. The number of nitrogens with zero attached hydrogens (tertiary/aromatic N) is 2. The van der Waals surface area contributed by atoms with Crippen molar-refractivity contribution in [1.29, 1.82) is 0 Å². The third kappa shape index (κ3) is 4.07. The number of halogens is 2. The number of fused-ring (bicyclic) bond motifs is 2. The Kier molecular flexibility index (Phi) is 6.13. The van der Waals surface area contributed by atoms with E-state index in [1.807, 2.05) is 6.92 Å². The van der Waals surface area contributed by atoms with E-state index in [1.54, 1.807) is 18.3 Å². The van der Waals surface area contributed by atoms with Crippen LogP contribution in [-0.4, -0.2) is 46.5 Å². The molecule has 2 aliphatic rings. The Morgan fingerprint density at radius 1 is 1.30 bits per heavy atom. The van der Waals surface area contributed by atoms with Crippen LogP contribution in [0.1, 0.15) is 18.4 Å². The van der Waals surface area contributed by atoms with Crippen molar-refractivity contribution in [2.45, 2.75) is 32.0 Å². The zero-order chi connectivity index (χ0) is 22.4. The van der Waals surface area contributed by atoms with Gasteiger partial charge in [-0.25, -0.2) is 19.2 Å². The summed E-state index contributed by atoms with van der Waals surface area (Å²) in [4.78, 5) is 20.5. The molecule has 3 heterocycles. The van der Waals surface area contributed by atoms with Crippen molar-refractivity contribution >= 4 is 46.5 Å². The van der Waals surface area contributed by atoms with Gasteiger partial charge in [-0.2, -0.15) is 0 Å². The lowest BCUT2D eigenvalue weighted by Crippen LogP contribution is -2.41. The molecule has 1 fully saturated rings. The van der Waals surface area contributed by atoms with Crippen LogP contribution in [0.3, 0.4) is 0 Å². The summed E-state index contributed by atoms with van der Waals surface area (Å²) in [5, 5.41) is 16.4. The number of nitrogen functional groups attached to an aromatic ring is 1. The molecule has 11 heteroatoms. The van der Waals surface area contributed by atoms with E-state index in [0.29, 0.717) is 48.2 Å². The van der Waals surface area contributed by atoms with Crippen LogP contribution in [0, 0.1) is 12.7 Å². The average molecular weight is 476 g/mol. The molecular formula is C22H23ClFN5O4. The number of aromatic nitrogens is 2. The standard InChI is InChI=1S/C22H22FN5O4.ClH/c1-10-13(8-27-21-20(10)25-4-5-31-21)12-6-11-7-17(26-9-14(11)19(24)18(12)23)28-22(30)32-16-3-2-15(16)29;/h6-9,15-16,25,29H,2-5,24H2,1H3,(H,26,28,30);1H/t15-,16-;/m1./s1. The van der Waals surface area contributed by atoms with E-state index in [4.69, 9.17) is 15.2 Å². The van der Waals surface area contributed by atoms with Gasteiger partial charge in [0.15, 0.2) is 5.82 Å². The summed E-state index contributed by atoms with van der Waals surface area (Å²) in [6, 6.07) is 3.24. The van der Waals surface area contributed by atoms with Crippen molar-refractivity contribution in [3.05, 3.63) is 35.9 Å². The molecule has 0 radical (unpaired) electrons. The Morgan fingerprint density at radius 2 is 2.12 bits per heavy atom. The fourth-order valence-corrected chi connectivity index (χ4v) is 3.92. The fourth-order valence-electron chi connectivity index (χ4n) is 3.92. The number of rotatable bonds is 3. The highest BCUT2D eigenvalue weighted by Gasteiger charge is 2.32. The van der Waals surface area contributed by atoms with Crippen molar-refractivity contribution in [3.63, 3.8) is 0 Å². The van der Waals surface area contributed by atoms with Gasteiger partial charge in [-0.05, 0) is 42.8 Å². The summed E-state index contributed by atoms with van der Waals surface area (Å²) in [5.41, 5.74) is 8.43. The number of anilines is 3. The molecule has 0 bridgehead atoms. The zero-order valence-electron chi connectivity index (χ0n) is 17.7. The Bertz CT molecular complexity index is 1240. The highest BCUT2D eigenvalue weighted by molar-refractivity contribution is 5.99. The average Bonchev–Trinajstić information content (AvgIpc) is 2.79. The van der Waals surface area contributed by atoms with E-state index in [9.17, 15) is 9.90 Å². The molecule has 174 valence electrons. The van der Waals surface area contributed by atoms with Crippen molar-refractivity contribution in [1.82, 2.24) is 9.97 Å². The van der Waals surface area contributed by atoms with Crippen LogP contribution < -0.4 is 21.1 Å². The van der Waals surface area contributed by atoms with Gasteiger partial charge in [-0.3, -0.25) is 5.32 Å². The number of hydrogen-bond acceptors (Lipinski definition) is 8. The third-order valence-corrected chi connectivity index (χ3v) is 5.90. The summed E-state index contributed by atoms with van der Waals surface area (Å²) in [6.07, 6.45) is 2.33. The van der Waals surface area contributed by atoms with Crippen LogP contribution in [0.2, 0.25) is 0 Å². The second-order valence-corrected chi connectivity index (χ2v) is 7.91. The van der Waals surface area contributed by atoms with E-state index in [2.05, 4.69) is 20.6 Å². The van der Waals surface area contributed by atoms with E-state index in [-0.39, 0.29) is 29.5 Å². The summed E-state index contributed by atoms with van der Waals surface area (Å²) in [5.74, 6) is 0.140. The van der Waals surface area contributed by atoms with Gasteiger partial charge in [-0.15, -0.1) is 12.4 Å². The number of aliphatic hydroxyl groups is 1. The minimum absolute atomic E-state index is 0. The molecule has 0 unspecified atom stereocenters. The van der Waals surface area contributed by atoms with Crippen molar-refractivity contribution < 1.29 is 23.8 Å². The Morgan fingerprint density at radius 3 is 2.85 bits per heavy atom. The first kappa shape index (κ1) is 22.8. The van der Waals surface area contributed by atoms with Crippen molar-refractivity contribution in [2.24, 2.45) is 0 Å². The Labute approximate surface area is 194 Å². The minimum Gasteiger partial charge on any atom is -0.474 e. The van der Waals surface area contributed by atoms with Crippen LogP contribution in [0.15, 0.2) is 24.5 Å². The monoisotopic (exact) mass is 475 g/mol. The van der Waals surface area contributed by atoms with Gasteiger partial charge in [0.05, 0.1) is 11.8 Å². The van der Waals surface area contributed by atoms with E-state index in [0.717, 1.165) is 11.3 Å². The number of hydrogen-bond donors (Lipinski definition) is 4. The minimum atomic E-state index is -0.711. The summed E-state index contributed by atoms with van der Waals surface area (Å²) in [7, 11) is 0. The molecule has 2 aromatic heterocycles. The van der Waals surface area contributed by atoms with Gasteiger partial charge < -0.3 is 25.6 Å². The Hall–Kier alpha value is -3.37. The predicted molar refractivity (Wildman–Crippen MR) is 124 cm³/mol. The van der Waals surface area contributed by atoms with Gasteiger partial charge >= 0.3 is 6.09 Å². The SMILES string of the molecule is Cc1c(-c2cc3cc(NC(=O)O[C@@H]4CC[C@H]4O)ncc3c(N)c2F)cnc2c1NCCO2.Cl. The lowest BCUT2D eigenvalue weighted by atomic mass is 9.92. The summed E-state index contributed by atoms with van der Waals surface area (Å²) >= 11 is 0. The molecule has 1 aromatic carbocycles. The van der Waals surface area contributed by atoms with E-state index < -0.39 is 24.1 Å². The molecular weight excluding hydrogens is 453 g/mol. The molecule has 0 saturated heterocycles. The maximum Gasteiger partial charge on any atom is 0.413 e. The number of amides is 1. The second kappa shape index (κ2) is 8.87. The van der Waals surface area contributed by atoms with Gasteiger partial charge in [0, 0.05) is 35.5 Å². The molecule has 1 aliphatic carbocycles. The molecule has 1 saturated carbocycles. The molecule has 1 amide bonds. The van der Waals surface area contributed by atoms with Crippen molar-refractivity contribution in [3.8, 4) is 17.0 Å². The first-order chi connectivity index (χ1) is 15.4. The summed E-state index contributed by atoms with van der Waals surface area (Å²) in [6.45, 7) is 3.01. The number of aliphatic hydroxyl groups excluding tert-OH is 1. The smallest absolute Gasteiger partial charge is 0.413 e. The summed E-state index contributed by atoms with van der Waals surface area (Å²) < 4.78 is 25.9. The first-order valence-electron chi connectivity index (χ1n) is 10.3. The fraction of sp³-hybridized carbons (Fsp3) is 0.318. The molecule has 1 aliphatic heterocycles. The number of pyridine rings is 2. The van der Waals surface area contributed by atoms with Crippen LogP contribution in [-0.2, 0) is 4.74 Å². The number of nitrogens with two attached hydrogens (primary N) is 1. The van der Waals surface area contributed by atoms with Crippen molar-refractivity contribution in [2.75, 3.05) is 29.5 Å². The number of carbonyl (C=O) groups excluding carboxylic acids is 1. The van der Waals surface area contributed by atoms with Crippen LogP contribution in [0.5, 0.6) is 5.88 Å². The molecule has 5 N–H and O–H groups in total. The molecule has 33 heavy (non-hydrogen) atoms. The maximum absolute atomic E-state index is 15.2. The van der Waals surface area contributed by atoms with Gasteiger partial charge in [-0.1, -0.05) is 0 Å². The number of ether oxygens (including phenoxy) is 2. The van der Waals surface area contributed by atoms with E-state index in [1.165, 1.54) is 6.20 Å². The maximum atomic E-state index is 15.2. The predicted octanol–water partition coefficient (Wildman–Crippen LogP) is 3.62. The Balaban J connectivity index is 0.00000259. The quantitative estimate of drug-likeness (QED) is 0.422. The van der Waals surface area contributed by atoms with Crippen LogP contribution >= 0.6 is 12.4 Å². The molecule has 5 rings (SSSR count). The number of nitrogens with one attached hydrogen (secondary N) is 2. The van der Waals surface area contributed by atoms with E-state index >= 15 is 4.39 Å². The molecule has 2 atom stereocenters. The van der Waals surface area contributed by atoms with Crippen LogP contribution in [0.4, 0.5) is 26.4 Å². The second-order valence-electron chi connectivity index (χ2n) is 7.91. The molecule has 9 nitrogen and oxygen atoms in total. The lowest BCUT2D eigenvalue weighted by Gasteiger charge is -2.31. The topological polar surface area (TPSA) is 132 Å². The van der Waals surface area contributed by atoms with Gasteiger partial charge in [0.25, 0.3) is 0 Å². The highest BCUT2D eigenvalue weighted by atomic mass is 35.5. The zero-order valence-corrected chi connectivity index (χ0v) is 18.5. The number of benzene rings is 1. The van der Waals surface area contributed by atoms with Crippen LogP contribution in [0.25, 0.3) is 21.9 Å². The molecule has 3 aromatic rings. The number of carbonyl (C=O) groups is 1.